The number of carbonyl (C=O) groups is 4. The molecule has 0 saturated carbocycles. The van der Waals surface area contributed by atoms with Crippen LogP contribution in [0, 0.1) is 0 Å². The molecule has 0 saturated heterocycles. The van der Waals surface area contributed by atoms with Crippen molar-refractivity contribution in [3.63, 3.8) is 0 Å². The molecule has 4 aromatic rings. The lowest BCUT2D eigenvalue weighted by Gasteiger charge is -2.07. The van der Waals surface area contributed by atoms with Crippen molar-refractivity contribution in [1.29, 1.82) is 0 Å². The Kier molecular flexibility index (Phi) is 14.3. The number of rotatable bonds is 15. The maximum absolute atomic E-state index is 12.4. The lowest BCUT2D eigenvalue weighted by molar-refractivity contribution is -0.122. The summed E-state index contributed by atoms with van der Waals surface area (Å²) in [5.74, 6) is -0.850. The Morgan fingerprint density at radius 3 is 1.14 bits per heavy atom. The molecule has 4 aromatic carbocycles. The molecule has 0 bridgehead atoms. The van der Waals surface area contributed by atoms with E-state index in [1.807, 2.05) is 24.3 Å². The van der Waals surface area contributed by atoms with Crippen LogP contribution in [0.5, 0.6) is 0 Å². The zero-order valence-corrected chi connectivity index (χ0v) is 29.3. The minimum atomic E-state index is -0.241. The molecule has 0 atom stereocenters. The van der Waals surface area contributed by atoms with E-state index in [-0.39, 0.29) is 23.6 Å². The molecule has 10 nitrogen and oxygen atoms in total. The highest BCUT2D eigenvalue weighted by molar-refractivity contribution is 6.31. The van der Waals surface area contributed by atoms with Crippen molar-refractivity contribution in [2.45, 2.75) is 52.4 Å². The molecule has 4 rings (SSSR count). The SMILES string of the molecule is CC(=NNC(=O)CCCCCCC(=O)NN=C(C)c1ccc(NC(=O)c2ccc(Cl)cc2)cc1)c1ccc(NC(=O)c2ccc(Cl)cc2)cc1. The average Bonchev–Trinajstić information content (AvgIpc) is 3.12. The van der Waals surface area contributed by atoms with Crippen LogP contribution in [0.25, 0.3) is 0 Å². The molecular weight excluding hydrogens is 675 g/mol. The highest BCUT2D eigenvalue weighted by Gasteiger charge is 2.09. The summed E-state index contributed by atoms with van der Waals surface area (Å²) in [6, 6.07) is 27.6. The quantitative estimate of drug-likeness (QED) is 0.0560. The first-order valence-electron chi connectivity index (χ1n) is 16.1. The monoisotopic (exact) mass is 712 g/mol. The fraction of sp³-hybridized carbons (Fsp3) is 0.211. The molecule has 4 N–H and O–H groups in total. The van der Waals surface area contributed by atoms with E-state index >= 15 is 0 Å². The fourth-order valence-electron chi connectivity index (χ4n) is 4.66. The summed E-state index contributed by atoms with van der Waals surface area (Å²) in [6.45, 7) is 3.58. The summed E-state index contributed by atoms with van der Waals surface area (Å²) in [4.78, 5) is 49.3. The number of amides is 4. The van der Waals surface area contributed by atoms with Gasteiger partial charge in [-0.1, -0.05) is 60.3 Å². The van der Waals surface area contributed by atoms with Crippen molar-refractivity contribution in [3.05, 3.63) is 129 Å². The zero-order chi connectivity index (χ0) is 35.9. The van der Waals surface area contributed by atoms with Gasteiger partial charge in [0.25, 0.3) is 11.8 Å². The summed E-state index contributed by atoms with van der Waals surface area (Å²) < 4.78 is 0. The molecule has 0 radical (unpaired) electrons. The third-order valence-electron chi connectivity index (χ3n) is 7.59. The number of unbranched alkanes of at least 4 members (excludes halogenated alkanes) is 3. The van der Waals surface area contributed by atoms with Gasteiger partial charge in [-0.25, -0.2) is 10.9 Å². The number of anilines is 2. The van der Waals surface area contributed by atoms with E-state index in [0.29, 0.717) is 69.7 Å². The first-order valence-corrected chi connectivity index (χ1v) is 16.8. The number of hydrogen-bond donors (Lipinski definition) is 4. The van der Waals surface area contributed by atoms with Gasteiger partial charge in [-0.05, 0) is 111 Å². The Hall–Kier alpha value is -5.32. The number of hydrogen-bond acceptors (Lipinski definition) is 6. The molecule has 0 aromatic heterocycles. The van der Waals surface area contributed by atoms with Gasteiger partial charge in [0.2, 0.25) is 11.8 Å². The van der Waals surface area contributed by atoms with Crippen molar-refractivity contribution >= 4 is 69.6 Å². The molecule has 0 unspecified atom stereocenters. The first kappa shape index (κ1) is 37.5. The Bertz CT molecular complexity index is 1700. The van der Waals surface area contributed by atoms with Crippen molar-refractivity contribution < 1.29 is 19.2 Å². The minimum Gasteiger partial charge on any atom is -0.322 e. The van der Waals surface area contributed by atoms with Crippen LogP contribution < -0.4 is 21.5 Å². The smallest absolute Gasteiger partial charge is 0.255 e. The standard InChI is InChI=1S/C38H38Cl2N6O4/c1-25(27-13-21-33(22-14-27)41-37(49)29-9-17-31(39)18-10-29)43-45-35(47)7-5-3-4-6-8-36(48)46-44-26(2)28-15-23-34(24-16-28)42-38(50)30-11-19-32(40)20-12-30/h9-24H,3-8H2,1-2H3,(H,41,49)(H,42,50)(H,45,47)(H,46,48). The van der Waals surface area contributed by atoms with Gasteiger partial charge < -0.3 is 10.6 Å². The van der Waals surface area contributed by atoms with E-state index in [1.165, 1.54) is 0 Å². The van der Waals surface area contributed by atoms with Crippen LogP contribution in [0.2, 0.25) is 10.0 Å². The van der Waals surface area contributed by atoms with Crippen molar-refractivity contribution in [3.8, 4) is 0 Å². The topological polar surface area (TPSA) is 141 Å². The zero-order valence-electron chi connectivity index (χ0n) is 27.8. The molecule has 4 amide bonds. The summed E-state index contributed by atoms with van der Waals surface area (Å²) in [5, 5.41) is 15.2. The largest absolute Gasteiger partial charge is 0.322 e. The second kappa shape index (κ2) is 19.0. The van der Waals surface area contributed by atoms with Crippen LogP contribution in [0.4, 0.5) is 11.4 Å². The summed E-state index contributed by atoms with van der Waals surface area (Å²) in [5.41, 5.74) is 10.3. The number of nitrogens with zero attached hydrogens (tertiary/aromatic N) is 2. The molecule has 0 fully saturated rings. The predicted octanol–water partition coefficient (Wildman–Crippen LogP) is 8.22. The fourth-order valence-corrected chi connectivity index (χ4v) is 4.91. The van der Waals surface area contributed by atoms with Gasteiger partial charge >= 0.3 is 0 Å². The van der Waals surface area contributed by atoms with E-state index in [0.717, 1.165) is 24.0 Å². The van der Waals surface area contributed by atoms with E-state index < -0.39 is 0 Å². The average molecular weight is 714 g/mol. The van der Waals surface area contributed by atoms with Gasteiger partial charge in [-0.15, -0.1) is 0 Å². The maximum atomic E-state index is 12.4. The molecular formula is C38H38Cl2N6O4. The Morgan fingerprint density at radius 2 is 0.800 bits per heavy atom. The molecule has 0 aliphatic rings. The van der Waals surface area contributed by atoms with Gasteiger partial charge in [-0.2, -0.15) is 10.2 Å². The van der Waals surface area contributed by atoms with Crippen LogP contribution in [0.1, 0.15) is 84.2 Å². The van der Waals surface area contributed by atoms with E-state index in [4.69, 9.17) is 23.2 Å². The molecule has 0 heterocycles. The molecule has 258 valence electrons. The molecule has 0 aliphatic heterocycles. The van der Waals surface area contributed by atoms with Gasteiger partial charge in [0, 0.05) is 45.4 Å². The second-order valence-corrected chi connectivity index (χ2v) is 12.3. The molecule has 50 heavy (non-hydrogen) atoms. The molecule has 12 heteroatoms. The number of benzene rings is 4. The summed E-state index contributed by atoms with van der Waals surface area (Å²) in [6.07, 6.45) is 3.61. The van der Waals surface area contributed by atoms with Gasteiger partial charge in [-0.3, -0.25) is 19.2 Å². The number of halogens is 2. The Balaban J connectivity index is 1.08. The first-order chi connectivity index (χ1) is 24.1. The van der Waals surface area contributed by atoms with Crippen LogP contribution >= 0.6 is 23.2 Å². The van der Waals surface area contributed by atoms with E-state index in [9.17, 15) is 19.2 Å². The van der Waals surface area contributed by atoms with E-state index in [1.54, 1.807) is 86.6 Å². The van der Waals surface area contributed by atoms with Gasteiger partial charge in [0.15, 0.2) is 0 Å². The number of carbonyl (C=O) groups excluding carboxylic acids is 4. The van der Waals surface area contributed by atoms with Crippen LogP contribution in [0.15, 0.2) is 107 Å². The lowest BCUT2D eigenvalue weighted by atomic mass is 10.1. The Morgan fingerprint density at radius 1 is 0.480 bits per heavy atom. The summed E-state index contributed by atoms with van der Waals surface area (Å²) >= 11 is 11.8. The third kappa shape index (κ3) is 12.3. The van der Waals surface area contributed by atoms with Crippen LogP contribution in [-0.4, -0.2) is 35.1 Å². The normalized spacial score (nSPS) is 11.4. The second-order valence-electron chi connectivity index (χ2n) is 11.5. The summed E-state index contributed by atoms with van der Waals surface area (Å²) in [7, 11) is 0. The van der Waals surface area contributed by atoms with Crippen molar-refractivity contribution in [2.24, 2.45) is 10.2 Å². The van der Waals surface area contributed by atoms with Gasteiger partial charge in [0.1, 0.15) is 0 Å². The highest BCUT2D eigenvalue weighted by atomic mass is 35.5. The Labute approximate surface area is 301 Å². The number of nitrogens with one attached hydrogen (secondary N) is 4. The minimum absolute atomic E-state index is 0.185. The van der Waals surface area contributed by atoms with Crippen molar-refractivity contribution in [1.82, 2.24) is 10.9 Å². The van der Waals surface area contributed by atoms with Crippen LogP contribution in [-0.2, 0) is 9.59 Å². The maximum Gasteiger partial charge on any atom is 0.255 e. The van der Waals surface area contributed by atoms with E-state index in [2.05, 4.69) is 31.7 Å². The lowest BCUT2D eigenvalue weighted by Crippen LogP contribution is -2.19. The van der Waals surface area contributed by atoms with Gasteiger partial charge in [0.05, 0.1) is 11.4 Å². The highest BCUT2D eigenvalue weighted by Crippen LogP contribution is 2.16. The van der Waals surface area contributed by atoms with Crippen molar-refractivity contribution in [2.75, 3.05) is 10.6 Å². The van der Waals surface area contributed by atoms with Crippen LogP contribution in [0.3, 0.4) is 0 Å². The predicted molar refractivity (Wildman–Crippen MR) is 200 cm³/mol. The molecule has 0 spiro atoms. The number of hydrazone groups is 2. The molecule has 0 aliphatic carbocycles. The third-order valence-corrected chi connectivity index (χ3v) is 8.09.